The van der Waals surface area contributed by atoms with Gasteiger partial charge in [0.25, 0.3) is 0 Å². The molecule has 0 aliphatic carbocycles. The first-order valence-electron chi connectivity index (χ1n) is 12.2. The molecule has 9 nitrogen and oxygen atoms in total. The lowest BCUT2D eigenvalue weighted by Crippen LogP contribution is -2.46. The van der Waals surface area contributed by atoms with Gasteiger partial charge >= 0.3 is 6.09 Å². The first-order chi connectivity index (χ1) is 16.5. The molecule has 3 saturated heterocycles. The van der Waals surface area contributed by atoms with E-state index in [0.29, 0.717) is 19.6 Å². The minimum atomic E-state index is -0.512. The molecule has 0 bridgehead atoms. The fourth-order valence-electron chi connectivity index (χ4n) is 4.28. The van der Waals surface area contributed by atoms with Gasteiger partial charge in [0.1, 0.15) is 6.10 Å². The van der Waals surface area contributed by atoms with Gasteiger partial charge in [-0.1, -0.05) is 23.8 Å². The number of hydrogen-bond donors (Lipinski definition) is 1. The monoisotopic (exact) mass is 494 g/mol. The van der Waals surface area contributed by atoms with Crippen LogP contribution in [0.25, 0.3) is 0 Å². The van der Waals surface area contributed by atoms with Crippen molar-refractivity contribution < 1.29 is 34.7 Å². The molecular weight excluding hydrogens is 452 g/mol. The number of rotatable bonds is 8. The second-order valence-electron chi connectivity index (χ2n) is 10.5. The number of allylic oxidation sites excluding steroid dienone is 2. The maximum absolute atomic E-state index is 12.1. The van der Waals surface area contributed by atoms with Crippen molar-refractivity contribution in [2.24, 2.45) is 0 Å². The summed E-state index contributed by atoms with van der Waals surface area (Å²) in [6, 6.07) is -0.239. The first kappa shape index (κ1) is 27.4. The predicted molar refractivity (Wildman–Crippen MR) is 133 cm³/mol. The molecule has 0 aromatic carbocycles. The van der Waals surface area contributed by atoms with Crippen molar-refractivity contribution in [2.75, 3.05) is 33.9 Å². The highest BCUT2D eigenvalue weighted by Gasteiger charge is 2.53. The van der Waals surface area contributed by atoms with E-state index in [4.69, 9.17) is 23.7 Å². The summed E-state index contributed by atoms with van der Waals surface area (Å²) in [5, 5.41) is 2.83. The summed E-state index contributed by atoms with van der Waals surface area (Å²) < 4.78 is 28.5. The summed E-state index contributed by atoms with van der Waals surface area (Å²) in [5.41, 5.74) is 0.945. The highest BCUT2D eigenvalue weighted by molar-refractivity contribution is 5.87. The molecule has 3 fully saturated rings. The van der Waals surface area contributed by atoms with Crippen LogP contribution in [-0.2, 0) is 28.5 Å². The Morgan fingerprint density at radius 2 is 1.91 bits per heavy atom. The Labute approximate surface area is 209 Å². The van der Waals surface area contributed by atoms with Crippen molar-refractivity contribution in [3.05, 3.63) is 36.0 Å². The lowest BCUT2D eigenvalue weighted by atomic mass is 9.85. The van der Waals surface area contributed by atoms with E-state index < -0.39 is 12.2 Å². The third-order valence-corrected chi connectivity index (χ3v) is 6.03. The predicted octanol–water partition coefficient (Wildman–Crippen LogP) is 3.35. The third kappa shape index (κ3) is 9.07. The van der Waals surface area contributed by atoms with Crippen LogP contribution in [0.2, 0.25) is 0 Å². The molecule has 0 radical (unpaired) electrons. The van der Waals surface area contributed by atoms with Crippen molar-refractivity contribution in [3.63, 3.8) is 0 Å². The number of hydrogen-bond acceptors (Lipinski definition) is 7. The summed E-state index contributed by atoms with van der Waals surface area (Å²) in [5.74, 6) is -0.291. The second kappa shape index (κ2) is 11.7. The maximum atomic E-state index is 12.1. The molecule has 3 atom stereocenters. The van der Waals surface area contributed by atoms with E-state index in [1.54, 1.807) is 21.0 Å². The molecule has 0 aromatic heterocycles. The molecule has 3 aliphatic rings. The highest BCUT2D eigenvalue weighted by Crippen LogP contribution is 2.46. The number of amides is 2. The maximum Gasteiger partial charge on any atom is 0.409 e. The normalized spacial score (nSPS) is 31.5. The van der Waals surface area contributed by atoms with E-state index in [1.807, 2.05) is 6.92 Å². The van der Waals surface area contributed by atoms with Gasteiger partial charge in [0.05, 0.1) is 43.2 Å². The molecule has 0 saturated carbocycles. The van der Waals surface area contributed by atoms with Gasteiger partial charge in [-0.25, -0.2) is 4.79 Å². The Balaban J connectivity index is 0.00000456. The van der Waals surface area contributed by atoms with E-state index in [2.05, 4.69) is 37.4 Å². The van der Waals surface area contributed by atoms with Crippen LogP contribution < -0.4 is 5.32 Å². The molecule has 198 valence electrons. The summed E-state index contributed by atoms with van der Waals surface area (Å²) in [7, 11) is 3.20. The molecule has 9 heteroatoms. The molecule has 0 aromatic rings. The Hall–Kier alpha value is -2.20. The highest BCUT2D eigenvalue weighted by atomic mass is 16.7. The molecule has 3 aliphatic heterocycles. The van der Waals surface area contributed by atoms with Gasteiger partial charge < -0.3 is 33.9 Å². The van der Waals surface area contributed by atoms with Crippen LogP contribution in [-0.4, -0.2) is 86.6 Å². The zero-order chi connectivity index (χ0) is 25.6. The second-order valence-corrected chi connectivity index (χ2v) is 10.5. The first-order valence-corrected chi connectivity index (χ1v) is 12.2. The van der Waals surface area contributed by atoms with Crippen LogP contribution in [0.15, 0.2) is 36.0 Å². The van der Waals surface area contributed by atoms with E-state index in [1.165, 1.54) is 17.1 Å². The molecule has 1 N–H and O–H groups in total. The largest absolute Gasteiger partial charge is 0.442 e. The van der Waals surface area contributed by atoms with Gasteiger partial charge in [-0.3, -0.25) is 4.79 Å². The molecule has 35 heavy (non-hydrogen) atoms. The van der Waals surface area contributed by atoms with Crippen LogP contribution in [0.4, 0.5) is 4.79 Å². The zero-order valence-electron chi connectivity index (χ0n) is 21.7. The molecular formula is C26H42N2O7. The molecule has 3 heterocycles. The van der Waals surface area contributed by atoms with E-state index in [9.17, 15) is 9.59 Å². The van der Waals surface area contributed by atoms with Crippen molar-refractivity contribution >= 4 is 12.0 Å². The number of carbonyl (C=O) groups is 2. The van der Waals surface area contributed by atoms with Crippen LogP contribution in [0, 0.1) is 0 Å². The number of nitrogens with one attached hydrogen (secondary N) is 1. The number of ether oxygens (including phenoxy) is 5. The summed E-state index contributed by atoms with van der Waals surface area (Å²) in [6.07, 6.45) is 10.3. The van der Waals surface area contributed by atoms with E-state index in [0.717, 1.165) is 25.0 Å². The molecule has 0 unspecified atom stereocenters. The average Bonchev–Trinajstić information content (AvgIpc) is 3.51. The average molecular weight is 495 g/mol. The molecule has 3 rings (SSSR count). The van der Waals surface area contributed by atoms with E-state index >= 15 is 0 Å². The van der Waals surface area contributed by atoms with Gasteiger partial charge in [-0.2, -0.15) is 0 Å². The number of carbonyl (C=O) groups excluding carboxylic acids is 2. The van der Waals surface area contributed by atoms with Crippen molar-refractivity contribution in [1.82, 2.24) is 10.2 Å². The summed E-state index contributed by atoms with van der Waals surface area (Å²) in [4.78, 5) is 25.0. The Kier molecular flexibility index (Phi) is 9.15. The Bertz CT molecular complexity index is 837. The minimum absolute atomic E-state index is 0. The SMILES string of the molecule is CC(/C=C/[C@@H]1C[C@]2(CO2)CC(C)(C)O1)=C\CC1OCC(NC(=O)/C=C\[C@H](C)OC(=O)N(C)C)CO1.[HH]. The molecule has 2 amide bonds. The topological polar surface area (TPSA) is 98.9 Å². The van der Waals surface area contributed by atoms with Gasteiger partial charge in [-0.05, 0) is 33.8 Å². The smallest absolute Gasteiger partial charge is 0.409 e. The zero-order valence-corrected chi connectivity index (χ0v) is 21.7. The van der Waals surface area contributed by atoms with Gasteiger partial charge in [0.2, 0.25) is 5.91 Å². The fourth-order valence-corrected chi connectivity index (χ4v) is 4.28. The lowest BCUT2D eigenvalue weighted by Gasteiger charge is -2.38. The van der Waals surface area contributed by atoms with E-state index in [-0.39, 0.29) is 37.0 Å². The molecule has 1 spiro atoms. The minimum Gasteiger partial charge on any atom is -0.442 e. The van der Waals surface area contributed by atoms with Gasteiger partial charge in [0, 0.05) is 40.9 Å². The van der Waals surface area contributed by atoms with Crippen LogP contribution in [0.1, 0.15) is 48.4 Å². The fraction of sp³-hybridized carbons (Fsp3) is 0.692. The van der Waals surface area contributed by atoms with Crippen LogP contribution in [0.3, 0.4) is 0 Å². The van der Waals surface area contributed by atoms with Gasteiger partial charge in [-0.15, -0.1) is 0 Å². The lowest BCUT2D eigenvalue weighted by molar-refractivity contribution is -0.187. The Morgan fingerprint density at radius 3 is 2.54 bits per heavy atom. The quantitative estimate of drug-likeness (QED) is 0.314. The van der Waals surface area contributed by atoms with Crippen molar-refractivity contribution in [1.29, 1.82) is 0 Å². The third-order valence-electron chi connectivity index (χ3n) is 6.03. The van der Waals surface area contributed by atoms with Crippen molar-refractivity contribution in [3.8, 4) is 0 Å². The van der Waals surface area contributed by atoms with Crippen LogP contribution >= 0.6 is 0 Å². The summed E-state index contributed by atoms with van der Waals surface area (Å²) in [6.45, 7) is 9.53. The standard InChI is InChI=1S/C26H40N2O7.H2/c1-18(7-10-21-13-26(17-33-26)16-25(3,4)35-21)8-12-23-31-14-20(15-32-23)27-22(29)11-9-19(2)34-24(30)28(5)6;/h7-11,19-21,23H,12-17H2,1-6H3,(H,27,29);1H/b10-7+,11-9-,18-8+;/t19-,20?,21+,23?,26+;/m0./s1. The van der Waals surface area contributed by atoms with Crippen LogP contribution in [0.5, 0.6) is 0 Å². The number of nitrogens with zero attached hydrogens (tertiary/aromatic N) is 1. The van der Waals surface area contributed by atoms with Gasteiger partial charge in [0.15, 0.2) is 6.29 Å². The number of epoxide rings is 1. The van der Waals surface area contributed by atoms with Crippen molar-refractivity contribution in [2.45, 2.75) is 82.7 Å². The Morgan fingerprint density at radius 1 is 1.23 bits per heavy atom. The summed E-state index contributed by atoms with van der Waals surface area (Å²) >= 11 is 0.